The van der Waals surface area contributed by atoms with E-state index in [-0.39, 0.29) is 0 Å². The van der Waals surface area contributed by atoms with Gasteiger partial charge in [0.25, 0.3) is 0 Å². The average Bonchev–Trinajstić information content (AvgIpc) is 2.87. The van der Waals surface area contributed by atoms with E-state index in [1.54, 1.807) is 0 Å². The van der Waals surface area contributed by atoms with E-state index in [0.717, 1.165) is 18.0 Å². The molecule has 21 heavy (non-hydrogen) atoms. The van der Waals surface area contributed by atoms with Crippen LogP contribution in [0.25, 0.3) is 11.3 Å². The summed E-state index contributed by atoms with van der Waals surface area (Å²) in [7, 11) is 2.10. The molecule has 1 aromatic carbocycles. The van der Waals surface area contributed by atoms with E-state index in [9.17, 15) is 0 Å². The Balaban J connectivity index is 1.66. The Morgan fingerprint density at radius 2 is 2.00 bits per heavy atom. The number of rotatable bonds is 4. The molecule has 0 spiro atoms. The van der Waals surface area contributed by atoms with Crippen molar-refractivity contribution in [3.8, 4) is 11.3 Å². The first kappa shape index (κ1) is 14.7. The second-order valence-electron chi connectivity index (χ2n) is 6.07. The molecular weight excluding hydrogens is 276 g/mol. The van der Waals surface area contributed by atoms with E-state index < -0.39 is 0 Å². The van der Waals surface area contributed by atoms with E-state index in [4.69, 9.17) is 4.98 Å². The fourth-order valence-corrected chi connectivity index (χ4v) is 4.22. The molecule has 1 aliphatic carbocycles. The summed E-state index contributed by atoms with van der Waals surface area (Å²) >= 11 is 1.82. The lowest BCUT2D eigenvalue weighted by atomic mass is 9.95. The van der Waals surface area contributed by atoms with Crippen LogP contribution in [0.4, 0.5) is 0 Å². The molecule has 0 saturated heterocycles. The minimum Gasteiger partial charge on any atom is -0.317 e. The third-order valence-corrected chi connectivity index (χ3v) is 5.40. The fourth-order valence-electron chi connectivity index (χ4n) is 3.30. The molecule has 0 radical (unpaired) electrons. The van der Waals surface area contributed by atoms with Gasteiger partial charge in [0.05, 0.1) is 10.7 Å². The molecule has 1 fully saturated rings. The third kappa shape index (κ3) is 3.92. The number of thiazole rings is 1. The van der Waals surface area contributed by atoms with E-state index in [2.05, 4.69) is 48.1 Å². The number of nitrogens with one attached hydrogen (secondary N) is 1. The molecule has 1 aromatic heterocycles. The summed E-state index contributed by atoms with van der Waals surface area (Å²) in [5.41, 5.74) is 2.36. The molecule has 112 valence electrons. The van der Waals surface area contributed by atoms with Crippen molar-refractivity contribution in [3.63, 3.8) is 0 Å². The van der Waals surface area contributed by atoms with Crippen molar-refractivity contribution >= 4 is 11.3 Å². The molecule has 0 aliphatic heterocycles. The van der Waals surface area contributed by atoms with Crippen LogP contribution in [0.3, 0.4) is 0 Å². The molecule has 2 nitrogen and oxygen atoms in total. The van der Waals surface area contributed by atoms with Gasteiger partial charge in [0.1, 0.15) is 0 Å². The van der Waals surface area contributed by atoms with Crippen LogP contribution in [0.15, 0.2) is 35.7 Å². The van der Waals surface area contributed by atoms with Gasteiger partial charge >= 0.3 is 0 Å². The van der Waals surface area contributed by atoms with Gasteiger partial charge in [-0.1, -0.05) is 43.2 Å². The zero-order valence-corrected chi connectivity index (χ0v) is 13.5. The predicted molar refractivity (Wildman–Crippen MR) is 90.7 cm³/mol. The molecule has 3 rings (SSSR count). The first-order valence-corrected chi connectivity index (χ1v) is 8.90. The Bertz CT molecular complexity index is 549. The topological polar surface area (TPSA) is 24.9 Å². The smallest absolute Gasteiger partial charge is 0.0935 e. The van der Waals surface area contributed by atoms with Gasteiger partial charge < -0.3 is 5.32 Å². The highest BCUT2D eigenvalue weighted by atomic mass is 32.1. The quantitative estimate of drug-likeness (QED) is 0.840. The number of aromatic nitrogens is 1. The van der Waals surface area contributed by atoms with Crippen molar-refractivity contribution in [3.05, 3.63) is 40.7 Å². The maximum absolute atomic E-state index is 4.85. The van der Waals surface area contributed by atoms with E-state index in [1.165, 1.54) is 42.7 Å². The van der Waals surface area contributed by atoms with Crippen LogP contribution in [0, 0.1) is 5.92 Å². The van der Waals surface area contributed by atoms with Gasteiger partial charge in [-0.3, -0.25) is 0 Å². The van der Waals surface area contributed by atoms with Crippen LogP contribution in [0.5, 0.6) is 0 Å². The molecule has 0 bridgehead atoms. The van der Waals surface area contributed by atoms with Gasteiger partial charge in [-0.15, -0.1) is 11.3 Å². The van der Waals surface area contributed by atoms with Crippen molar-refractivity contribution < 1.29 is 0 Å². The normalized spacial score (nSPS) is 22.9. The summed E-state index contributed by atoms with van der Waals surface area (Å²) in [6.07, 6.45) is 7.89. The summed E-state index contributed by atoms with van der Waals surface area (Å²) < 4.78 is 0. The summed E-state index contributed by atoms with van der Waals surface area (Å²) in [5.74, 6) is 0.791. The SMILES string of the molecule is CNC1CCCCC(Cc2nc(-c3ccccc3)cs2)C1. The minimum atomic E-state index is 0.700. The van der Waals surface area contributed by atoms with Crippen LogP contribution >= 0.6 is 11.3 Å². The van der Waals surface area contributed by atoms with E-state index >= 15 is 0 Å². The summed E-state index contributed by atoms with van der Waals surface area (Å²) in [6, 6.07) is 11.2. The minimum absolute atomic E-state index is 0.700. The van der Waals surface area contributed by atoms with Crippen LogP contribution in [-0.4, -0.2) is 18.1 Å². The van der Waals surface area contributed by atoms with Crippen LogP contribution in [-0.2, 0) is 6.42 Å². The lowest BCUT2D eigenvalue weighted by Crippen LogP contribution is -2.26. The number of benzene rings is 1. The Hall–Kier alpha value is -1.19. The van der Waals surface area contributed by atoms with Gasteiger partial charge in [-0.25, -0.2) is 4.98 Å². The molecule has 1 aliphatic rings. The first-order chi connectivity index (χ1) is 10.3. The molecule has 3 heteroatoms. The Labute approximate surface area is 131 Å². The van der Waals surface area contributed by atoms with Crippen molar-refractivity contribution in [2.45, 2.75) is 44.6 Å². The first-order valence-electron chi connectivity index (χ1n) is 8.02. The maximum atomic E-state index is 4.85. The Morgan fingerprint density at radius 1 is 1.19 bits per heavy atom. The second kappa shape index (κ2) is 7.19. The molecule has 2 atom stereocenters. The molecule has 2 unspecified atom stereocenters. The van der Waals surface area contributed by atoms with Gasteiger partial charge in [-0.2, -0.15) is 0 Å². The Kier molecular flexibility index (Phi) is 5.04. The number of nitrogens with zero attached hydrogens (tertiary/aromatic N) is 1. The lowest BCUT2D eigenvalue weighted by molar-refractivity contribution is 0.400. The van der Waals surface area contributed by atoms with E-state index in [0.29, 0.717) is 6.04 Å². The zero-order chi connectivity index (χ0) is 14.5. The third-order valence-electron chi connectivity index (χ3n) is 4.53. The predicted octanol–water partition coefficient (Wildman–Crippen LogP) is 4.52. The molecular formula is C18H24N2S. The van der Waals surface area contributed by atoms with E-state index in [1.807, 2.05) is 11.3 Å². The highest BCUT2D eigenvalue weighted by molar-refractivity contribution is 7.09. The highest BCUT2D eigenvalue weighted by Gasteiger charge is 2.20. The van der Waals surface area contributed by atoms with Crippen molar-refractivity contribution in [1.29, 1.82) is 0 Å². The van der Waals surface area contributed by atoms with Gasteiger partial charge in [0, 0.05) is 23.4 Å². The lowest BCUT2D eigenvalue weighted by Gasteiger charge is -2.18. The molecule has 2 aromatic rings. The molecule has 1 heterocycles. The van der Waals surface area contributed by atoms with Crippen molar-refractivity contribution in [2.24, 2.45) is 5.92 Å². The van der Waals surface area contributed by atoms with Crippen LogP contribution < -0.4 is 5.32 Å². The van der Waals surface area contributed by atoms with Crippen LogP contribution in [0.2, 0.25) is 0 Å². The summed E-state index contributed by atoms with van der Waals surface area (Å²) in [4.78, 5) is 4.85. The zero-order valence-electron chi connectivity index (χ0n) is 12.7. The van der Waals surface area contributed by atoms with Crippen LogP contribution in [0.1, 0.15) is 37.1 Å². The molecule has 0 amide bonds. The number of hydrogen-bond acceptors (Lipinski definition) is 3. The summed E-state index contributed by atoms with van der Waals surface area (Å²) in [5, 5.41) is 6.98. The molecule has 1 saturated carbocycles. The van der Waals surface area contributed by atoms with Gasteiger partial charge in [-0.05, 0) is 32.2 Å². The average molecular weight is 300 g/mol. The highest BCUT2D eigenvalue weighted by Crippen LogP contribution is 2.29. The standard InChI is InChI=1S/C18H24N2S/c1-19-16-10-6-5-7-14(11-16)12-18-20-17(13-21-18)15-8-3-2-4-9-15/h2-4,8-9,13-14,16,19H,5-7,10-12H2,1H3. The molecule has 1 N–H and O–H groups in total. The van der Waals surface area contributed by atoms with Gasteiger partial charge in [0.15, 0.2) is 0 Å². The maximum Gasteiger partial charge on any atom is 0.0935 e. The Morgan fingerprint density at radius 3 is 2.81 bits per heavy atom. The number of hydrogen-bond donors (Lipinski definition) is 1. The fraction of sp³-hybridized carbons (Fsp3) is 0.500. The van der Waals surface area contributed by atoms with Gasteiger partial charge in [0.2, 0.25) is 0 Å². The van der Waals surface area contributed by atoms with Crippen molar-refractivity contribution in [2.75, 3.05) is 7.05 Å². The summed E-state index contributed by atoms with van der Waals surface area (Å²) in [6.45, 7) is 0. The largest absolute Gasteiger partial charge is 0.317 e. The second-order valence-corrected chi connectivity index (χ2v) is 7.01. The van der Waals surface area contributed by atoms with Crippen molar-refractivity contribution in [1.82, 2.24) is 10.3 Å². The monoisotopic (exact) mass is 300 g/mol.